The summed E-state index contributed by atoms with van der Waals surface area (Å²) in [6.07, 6.45) is 3.76. The average Bonchev–Trinajstić information content (AvgIpc) is 3.73. The summed E-state index contributed by atoms with van der Waals surface area (Å²) in [5.74, 6) is -1.29. The van der Waals surface area contributed by atoms with E-state index in [-0.39, 0.29) is 45.2 Å². The first-order valence-electron chi connectivity index (χ1n) is 13.9. The first-order valence-corrected chi connectivity index (χ1v) is 13.9. The molecule has 3 aliphatic rings. The van der Waals surface area contributed by atoms with Crippen LogP contribution in [0.15, 0.2) is 41.2 Å². The molecule has 0 spiro atoms. The minimum atomic E-state index is -0.644. The summed E-state index contributed by atoms with van der Waals surface area (Å²) in [5, 5.41) is 18.7. The lowest BCUT2D eigenvalue weighted by Crippen LogP contribution is -2.44. The lowest BCUT2D eigenvalue weighted by atomic mass is 10.0. The number of H-pyrrole nitrogens is 1. The van der Waals surface area contributed by atoms with Gasteiger partial charge in [-0.3, -0.25) is 24.5 Å². The maximum Gasteiger partial charge on any atom is 0.293 e. The number of hydrogen-bond donors (Lipinski definition) is 3. The maximum atomic E-state index is 14.3. The van der Waals surface area contributed by atoms with E-state index in [1.54, 1.807) is 23.1 Å². The third-order valence-corrected chi connectivity index (χ3v) is 8.15. The van der Waals surface area contributed by atoms with E-state index in [1.807, 2.05) is 0 Å². The highest BCUT2D eigenvalue weighted by Gasteiger charge is 2.36. The molecule has 41 heavy (non-hydrogen) atoms. The molecule has 2 aliphatic carbocycles. The van der Waals surface area contributed by atoms with Crippen molar-refractivity contribution in [2.24, 2.45) is 0 Å². The van der Waals surface area contributed by atoms with Crippen molar-refractivity contribution < 1.29 is 23.6 Å². The summed E-state index contributed by atoms with van der Waals surface area (Å²) in [5.41, 5.74) is 0.386. The van der Waals surface area contributed by atoms with Crippen LogP contribution in [0, 0.1) is 15.9 Å². The van der Waals surface area contributed by atoms with Crippen molar-refractivity contribution in [3.05, 3.63) is 79.4 Å². The number of nitro benzene ring substituents is 1. The summed E-state index contributed by atoms with van der Waals surface area (Å²) in [6.45, 7) is 1.59. The minimum Gasteiger partial charge on any atom is -0.378 e. The molecule has 11 nitrogen and oxygen atoms in total. The number of carbonyl (C=O) groups is 2. The second kappa shape index (κ2) is 10.9. The molecular weight excluding hydrogens is 533 g/mol. The molecule has 2 amide bonds. The van der Waals surface area contributed by atoms with Gasteiger partial charge in [0.2, 0.25) is 5.56 Å². The lowest BCUT2D eigenvalue weighted by molar-refractivity contribution is -0.384. The van der Waals surface area contributed by atoms with Gasteiger partial charge >= 0.3 is 0 Å². The van der Waals surface area contributed by atoms with Gasteiger partial charge < -0.3 is 25.3 Å². The molecule has 1 aromatic heterocycles. The van der Waals surface area contributed by atoms with Crippen molar-refractivity contribution in [2.45, 2.75) is 50.1 Å². The van der Waals surface area contributed by atoms with Crippen LogP contribution in [0.1, 0.15) is 64.3 Å². The molecule has 2 saturated carbocycles. The number of ether oxygens (including phenoxy) is 1. The second-order valence-electron chi connectivity index (χ2n) is 10.9. The Morgan fingerprint density at radius 2 is 1.80 bits per heavy atom. The van der Waals surface area contributed by atoms with E-state index in [4.69, 9.17) is 4.74 Å². The van der Waals surface area contributed by atoms with Crippen LogP contribution in [0.2, 0.25) is 0 Å². The molecule has 0 unspecified atom stereocenters. The van der Waals surface area contributed by atoms with Gasteiger partial charge in [0.1, 0.15) is 11.5 Å². The van der Waals surface area contributed by atoms with Crippen LogP contribution in [0.4, 0.5) is 15.8 Å². The normalized spacial score (nSPS) is 20.7. The van der Waals surface area contributed by atoms with Crippen molar-refractivity contribution in [3.63, 3.8) is 0 Å². The van der Waals surface area contributed by atoms with E-state index in [1.165, 1.54) is 12.1 Å². The smallest absolute Gasteiger partial charge is 0.293 e. The van der Waals surface area contributed by atoms with Gasteiger partial charge in [-0.25, -0.2) is 4.39 Å². The van der Waals surface area contributed by atoms with E-state index in [9.17, 15) is 28.9 Å². The third kappa shape index (κ3) is 5.39. The van der Waals surface area contributed by atoms with Gasteiger partial charge in [0, 0.05) is 42.7 Å². The van der Waals surface area contributed by atoms with Crippen LogP contribution >= 0.6 is 0 Å². The number of benzene rings is 2. The van der Waals surface area contributed by atoms with E-state index in [2.05, 4.69) is 15.6 Å². The predicted octanol–water partition coefficient (Wildman–Crippen LogP) is 3.69. The number of fused-ring (bicyclic) bond motifs is 1. The number of anilines is 1. The zero-order valence-corrected chi connectivity index (χ0v) is 22.3. The number of carbonyl (C=O) groups excluding carboxylic acids is 2. The average molecular weight is 564 g/mol. The SMILES string of the molecule is O=C(N[C@H]1CCC[C@H]1Nc1c(C(=O)N2CCOCC2)cc(C2CC2)cc1[N+](=O)[O-])c1cc(=O)[nH]c2c(F)cccc12. The Kier molecular flexibility index (Phi) is 7.16. The second-order valence-corrected chi connectivity index (χ2v) is 10.9. The zero-order valence-electron chi connectivity index (χ0n) is 22.3. The number of amides is 2. The molecule has 214 valence electrons. The maximum absolute atomic E-state index is 14.3. The Bertz CT molecular complexity index is 1600. The summed E-state index contributed by atoms with van der Waals surface area (Å²) >= 11 is 0. The topological polar surface area (TPSA) is 147 Å². The molecule has 6 rings (SSSR count). The van der Waals surface area contributed by atoms with Crippen LogP contribution in [0.5, 0.6) is 0 Å². The van der Waals surface area contributed by atoms with Crippen LogP contribution < -0.4 is 16.2 Å². The summed E-state index contributed by atoms with van der Waals surface area (Å²) in [6, 6.07) is 7.82. The Hall–Kier alpha value is -4.32. The predicted molar refractivity (Wildman–Crippen MR) is 149 cm³/mol. The number of nitro groups is 1. The number of nitrogens with zero attached hydrogens (tertiary/aromatic N) is 2. The molecule has 2 heterocycles. The fourth-order valence-corrected chi connectivity index (χ4v) is 5.87. The Morgan fingerprint density at radius 1 is 1.05 bits per heavy atom. The van der Waals surface area contributed by atoms with E-state index >= 15 is 0 Å². The standard InChI is InChI=1S/C29H30FN5O6/c30-21-4-1-3-18-19(15-25(36)33-26(18)21)28(37)32-23-6-2-5-22(23)31-27-20(29(38)34-9-11-41-12-10-34)13-17(16-7-8-16)14-24(27)35(39)40/h1,3-4,13-16,22-23,31H,2,5-12H2,(H,32,37)(H,33,36)/t22-,23+/m1/s1. The summed E-state index contributed by atoms with van der Waals surface area (Å²) < 4.78 is 19.7. The number of rotatable bonds is 7. The fraction of sp³-hybridized carbons (Fsp3) is 0.414. The molecule has 2 atom stereocenters. The monoisotopic (exact) mass is 563 g/mol. The van der Waals surface area contributed by atoms with Gasteiger partial charge in [0.05, 0.1) is 34.8 Å². The van der Waals surface area contributed by atoms with E-state index < -0.39 is 34.3 Å². The number of halogens is 1. The minimum absolute atomic E-state index is 0.0388. The van der Waals surface area contributed by atoms with Gasteiger partial charge in [0.25, 0.3) is 17.5 Å². The number of aromatic amines is 1. The highest BCUT2D eigenvalue weighted by Crippen LogP contribution is 2.44. The van der Waals surface area contributed by atoms with Crippen LogP contribution in [-0.2, 0) is 4.74 Å². The van der Waals surface area contributed by atoms with Crippen LogP contribution in [0.3, 0.4) is 0 Å². The van der Waals surface area contributed by atoms with Gasteiger partial charge in [-0.1, -0.05) is 12.1 Å². The molecule has 3 N–H and O–H groups in total. The molecule has 0 radical (unpaired) electrons. The number of aromatic nitrogens is 1. The fourth-order valence-electron chi connectivity index (χ4n) is 5.87. The zero-order chi connectivity index (χ0) is 28.7. The molecule has 1 saturated heterocycles. The summed E-state index contributed by atoms with van der Waals surface area (Å²) in [4.78, 5) is 55.1. The highest BCUT2D eigenvalue weighted by atomic mass is 19.1. The molecule has 0 bridgehead atoms. The number of para-hydroxylation sites is 1. The molecule has 3 aromatic rings. The molecule has 12 heteroatoms. The molecule has 3 fully saturated rings. The molecular formula is C29H30FN5O6. The van der Waals surface area contributed by atoms with Crippen LogP contribution in [0.25, 0.3) is 10.9 Å². The van der Waals surface area contributed by atoms with Crippen molar-refractivity contribution in [1.82, 2.24) is 15.2 Å². The Balaban J connectivity index is 1.31. The number of morpholine rings is 1. The van der Waals surface area contributed by atoms with Crippen molar-refractivity contribution in [3.8, 4) is 0 Å². The largest absolute Gasteiger partial charge is 0.378 e. The van der Waals surface area contributed by atoms with Crippen LogP contribution in [-0.4, -0.2) is 65.0 Å². The highest BCUT2D eigenvalue weighted by molar-refractivity contribution is 6.06. The van der Waals surface area contributed by atoms with Gasteiger partial charge in [0.15, 0.2) is 0 Å². The first-order chi connectivity index (χ1) is 19.8. The number of hydrogen-bond acceptors (Lipinski definition) is 7. The molecule has 2 aromatic carbocycles. The Morgan fingerprint density at radius 3 is 2.54 bits per heavy atom. The van der Waals surface area contributed by atoms with Crippen molar-refractivity contribution in [1.29, 1.82) is 0 Å². The van der Waals surface area contributed by atoms with Crippen molar-refractivity contribution >= 4 is 34.1 Å². The lowest BCUT2D eigenvalue weighted by Gasteiger charge is -2.29. The first kappa shape index (κ1) is 26.9. The van der Waals surface area contributed by atoms with E-state index in [0.29, 0.717) is 39.1 Å². The molecule has 1 aliphatic heterocycles. The summed E-state index contributed by atoms with van der Waals surface area (Å²) in [7, 11) is 0. The van der Waals surface area contributed by atoms with Gasteiger partial charge in [-0.15, -0.1) is 0 Å². The van der Waals surface area contributed by atoms with Crippen molar-refractivity contribution in [2.75, 3.05) is 31.6 Å². The Labute approximate surface area is 234 Å². The third-order valence-electron chi connectivity index (χ3n) is 8.15. The van der Waals surface area contributed by atoms with E-state index in [0.717, 1.165) is 30.9 Å². The number of nitrogens with one attached hydrogen (secondary N) is 3. The van der Waals surface area contributed by atoms with Gasteiger partial charge in [-0.05, 0) is 55.7 Å². The van der Waals surface area contributed by atoms with Gasteiger partial charge in [-0.2, -0.15) is 0 Å². The quantitative estimate of drug-likeness (QED) is 0.293. The number of pyridine rings is 1.